The Labute approximate surface area is 85.7 Å². The zero-order valence-corrected chi connectivity index (χ0v) is 8.15. The number of carboxylic acids is 1. The molecule has 0 aliphatic rings. The summed E-state index contributed by atoms with van der Waals surface area (Å²) in [5, 5.41) is 18.1. The van der Waals surface area contributed by atoms with E-state index in [0.717, 1.165) is 0 Å². The molecule has 14 heavy (non-hydrogen) atoms. The van der Waals surface area contributed by atoms with E-state index in [1.54, 1.807) is 0 Å². The third-order valence-corrected chi connectivity index (χ3v) is 2.04. The van der Waals surface area contributed by atoms with Crippen LogP contribution in [-0.2, 0) is 4.79 Å². The minimum Gasteiger partial charge on any atom is -0.495 e. The zero-order chi connectivity index (χ0) is 10.7. The van der Waals surface area contributed by atoms with Crippen molar-refractivity contribution in [3.05, 3.63) is 28.8 Å². The smallest absolute Gasteiger partial charge is 0.337 e. The molecule has 0 radical (unpaired) electrons. The van der Waals surface area contributed by atoms with Gasteiger partial charge in [-0.3, -0.25) is 0 Å². The van der Waals surface area contributed by atoms with Crippen LogP contribution in [0.2, 0.25) is 5.02 Å². The number of aliphatic carboxylic acids is 1. The molecule has 0 unspecified atom stereocenters. The molecule has 1 aromatic carbocycles. The highest BCUT2D eigenvalue weighted by atomic mass is 35.5. The average molecular weight is 217 g/mol. The summed E-state index contributed by atoms with van der Waals surface area (Å²) < 4.78 is 4.88. The molecule has 0 fully saturated rings. The fourth-order valence-corrected chi connectivity index (χ4v) is 1.18. The van der Waals surface area contributed by atoms with Gasteiger partial charge in [-0.1, -0.05) is 17.7 Å². The molecular formula is C9H9ClO4. The standard InChI is InChI=1S/C9H9ClO4/c1-14-7-4-5(2-3-6(7)10)8(11)9(12)13/h2-4,8,11H,1H3,(H,12,13)/t8-/m0/s1. The van der Waals surface area contributed by atoms with E-state index in [-0.39, 0.29) is 5.56 Å². The van der Waals surface area contributed by atoms with Crippen LogP contribution < -0.4 is 4.74 Å². The molecule has 0 spiro atoms. The molecule has 1 atom stereocenters. The number of ether oxygens (including phenoxy) is 1. The number of aliphatic hydroxyl groups excluding tert-OH is 1. The Morgan fingerprint density at radius 2 is 2.21 bits per heavy atom. The Balaban J connectivity index is 3.06. The van der Waals surface area contributed by atoms with E-state index in [1.165, 1.54) is 25.3 Å². The SMILES string of the molecule is COc1cc([C@H](O)C(=O)O)ccc1Cl. The number of carboxylic acid groups (broad SMARTS) is 1. The maximum atomic E-state index is 10.5. The third kappa shape index (κ3) is 2.16. The van der Waals surface area contributed by atoms with Crippen molar-refractivity contribution >= 4 is 17.6 Å². The highest BCUT2D eigenvalue weighted by Crippen LogP contribution is 2.27. The first-order valence-electron chi connectivity index (χ1n) is 3.80. The van der Waals surface area contributed by atoms with Crippen molar-refractivity contribution in [3.63, 3.8) is 0 Å². The van der Waals surface area contributed by atoms with Crippen molar-refractivity contribution in [1.29, 1.82) is 0 Å². The van der Waals surface area contributed by atoms with Crippen LogP contribution in [0.5, 0.6) is 5.75 Å². The van der Waals surface area contributed by atoms with E-state index in [4.69, 9.17) is 21.4 Å². The zero-order valence-electron chi connectivity index (χ0n) is 7.40. The highest BCUT2D eigenvalue weighted by Gasteiger charge is 2.17. The summed E-state index contributed by atoms with van der Waals surface area (Å²) >= 11 is 5.73. The lowest BCUT2D eigenvalue weighted by molar-refractivity contribution is -0.146. The van der Waals surface area contributed by atoms with Gasteiger partial charge in [-0.05, 0) is 17.7 Å². The molecule has 0 heterocycles. The largest absolute Gasteiger partial charge is 0.495 e. The summed E-state index contributed by atoms with van der Waals surface area (Å²) in [4.78, 5) is 10.5. The number of hydrogen-bond donors (Lipinski definition) is 2. The number of benzene rings is 1. The number of carbonyl (C=O) groups is 1. The quantitative estimate of drug-likeness (QED) is 0.803. The van der Waals surface area contributed by atoms with Gasteiger partial charge in [0.2, 0.25) is 0 Å². The molecular weight excluding hydrogens is 208 g/mol. The average Bonchev–Trinajstić information content (AvgIpc) is 2.17. The van der Waals surface area contributed by atoms with Gasteiger partial charge >= 0.3 is 5.97 Å². The van der Waals surface area contributed by atoms with Crippen molar-refractivity contribution in [3.8, 4) is 5.75 Å². The minimum atomic E-state index is -1.55. The maximum Gasteiger partial charge on any atom is 0.337 e. The normalized spacial score (nSPS) is 12.2. The molecule has 1 rings (SSSR count). The van der Waals surface area contributed by atoms with Crippen LogP contribution in [0.3, 0.4) is 0 Å². The summed E-state index contributed by atoms with van der Waals surface area (Å²) in [7, 11) is 1.41. The Kier molecular flexibility index (Phi) is 3.33. The summed E-state index contributed by atoms with van der Waals surface area (Å²) in [5.74, 6) is -0.973. The van der Waals surface area contributed by atoms with E-state index in [2.05, 4.69) is 0 Å². The minimum absolute atomic E-state index is 0.235. The molecule has 0 aromatic heterocycles. The van der Waals surface area contributed by atoms with Crippen LogP contribution in [-0.4, -0.2) is 23.3 Å². The molecule has 0 aliphatic carbocycles. The van der Waals surface area contributed by atoms with E-state index in [1.807, 2.05) is 0 Å². The van der Waals surface area contributed by atoms with Crippen molar-refractivity contribution in [2.24, 2.45) is 0 Å². The number of methoxy groups -OCH3 is 1. The van der Waals surface area contributed by atoms with E-state index in [0.29, 0.717) is 10.8 Å². The van der Waals surface area contributed by atoms with E-state index in [9.17, 15) is 9.90 Å². The Bertz CT molecular complexity index is 351. The second-order valence-corrected chi connectivity index (χ2v) is 3.04. The summed E-state index contributed by atoms with van der Waals surface area (Å²) in [6.45, 7) is 0. The van der Waals surface area contributed by atoms with Crippen LogP contribution in [0.4, 0.5) is 0 Å². The number of hydrogen-bond acceptors (Lipinski definition) is 3. The lowest BCUT2D eigenvalue weighted by Gasteiger charge is -2.08. The van der Waals surface area contributed by atoms with E-state index < -0.39 is 12.1 Å². The number of rotatable bonds is 3. The van der Waals surface area contributed by atoms with Gasteiger partial charge in [0.25, 0.3) is 0 Å². The molecule has 5 heteroatoms. The topological polar surface area (TPSA) is 66.8 Å². The lowest BCUT2D eigenvalue weighted by Crippen LogP contribution is -2.10. The van der Waals surface area contributed by atoms with Crippen LogP contribution in [0.25, 0.3) is 0 Å². The molecule has 4 nitrogen and oxygen atoms in total. The number of aliphatic hydroxyl groups is 1. The fourth-order valence-electron chi connectivity index (χ4n) is 0.989. The molecule has 0 saturated heterocycles. The number of halogens is 1. The summed E-state index contributed by atoms with van der Waals surface area (Å²) in [6, 6.07) is 4.30. The molecule has 2 N–H and O–H groups in total. The fraction of sp³-hybridized carbons (Fsp3) is 0.222. The molecule has 1 aromatic rings. The summed E-state index contributed by atoms with van der Waals surface area (Å²) in [6.07, 6.45) is -1.55. The molecule has 0 amide bonds. The molecule has 0 bridgehead atoms. The van der Waals surface area contributed by atoms with Crippen molar-refractivity contribution in [2.45, 2.75) is 6.10 Å². The van der Waals surface area contributed by atoms with Gasteiger partial charge in [0.1, 0.15) is 5.75 Å². The summed E-state index contributed by atoms with van der Waals surface area (Å²) in [5.41, 5.74) is 0.235. The predicted octanol–water partition coefficient (Wildman–Crippen LogP) is 1.47. The van der Waals surface area contributed by atoms with Crippen molar-refractivity contribution < 1.29 is 19.7 Å². The Morgan fingerprint density at radius 1 is 1.57 bits per heavy atom. The first kappa shape index (κ1) is 10.8. The Hall–Kier alpha value is -1.26. The van der Waals surface area contributed by atoms with Crippen LogP contribution in [0.15, 0.2) is 18.2 Å². The lowest BCUT2D eigenvalue weighted by atomic mass is 10.1. The second kappa shape index (κ2) is 4.30. The van der Waals surface area contributed by atoms with Crippen molar-refractivity contribution in [1.82, 2.24) is 0 Å². The van der Waals surface area contributed by atoms with Gasteiger partial charge in [0, 0.05) is 0 Å². The van der Waals surface area contributed by atoms with Gasteiger partial charge in [-0.2, -0.15) is 0 Å². The molecule has 0 saturated carbocycles. The first-order valence-corrected chi connectivity index (χ1v) is 4.18. The van der Waals surface area contributed by atoms with Crippen molar-refractivity contribution in [2.75, 3.05) is 7.11 Å². The van der Waals surface area contributed by atoms with Crippen LogP contribution >= 0.6 is 11.6 Å². The van der Waals surface area contributed by atoms with Gasteiger partial charge < -0.3 is 14.9 Å². The van der Waals surface area contributed by atoms with Crippen LogP contribution in [0, 0.1) is 0 Å². The molecule has 76 valence electrons. The van der Waals surface area contributed by atoms with Gasteiger partial charge in [0.15, 0.2) is 6.10 Å². The molecule has 0 aliphatic heterocycles. The monoisotopic (exact) mass is 216 g/mol. The first-order chi connectivity index (χ1) is 6.56. The van der Waals surface area contributed by atoms with Gasteiger partial charge in [-0.25, -0.2) is 4.79 Å². The van der Waals surface area contributed by atoms with Gasteiger partial charge in [0.05, 0.1) is 12.1 Å². The Morgan fingerprint density at radius 3 is 2.71 bits per heavy atom. The third-order valence-electron chi connectivity index (χ3n) is 1.72. The van der Waals surface area contributed by atoms with E-state index >= 15 is 0 Å². The van der Waals surface area contributed by atoms with Gasteiger partial charge in [-0.15, -0.1) is 0 Å². The highest BCUT2D eigenvalue weighted by molar-refractivity contribution is 6.32. The van der Waals surface area contributed by atoms with Crippen LogP contribution in [0.1, 0.15) is 11.7 Å². The predicted molar refractivity (Wildman–Crippen MR) is 50.6 cm³/mol. The second-order valence-electron chi connectivity index (χ2n) is 2.63. The maximum absolute atomic E-state index is 10.5.